The van der Waals surface area contributed by atoms with Crippen LogP contribution in [0.1, 0.15) is 26.3 Å². The van der Waals surface area contributed by atoms with Crippen LogP contribution in [0, 0.1) is 0 Å². The summed E-state index contributed by atoms with van der Waals surface area (Å²) in [6.07, 6.45) is 3.19. The highest BCUT2D eigenvalue weighted by molar-refractivity contribution is 6.01. The van der Waals surface area contributed by atoms with Crippen LogP contribution >= 0.6 is 0 Å². The average molecular weight is 302 g/mol. The number of phenolic OH excluding ortho intramolecular Hbond substituents is 2. The van der Waals surface area contributed by atoms with Crippen LogP contribution in [0.5, 0.6) is 11.5 Å². The van der Waals surface area contributed by atoms with Crippen molar-refractivity contribution in [1.29, 1.82) is 0 Å². The number of ether oxygens (including phenoxy) is 1. The third-order valence-electron chi connectivity index (χ3n) is 3.00. The van der Waals surface area contributed by atoms with Gasteiger partial charge in [0.2, 0.25) is 0 Å². The quantitative estimate of drug-likeness (QED) is 0.578. The molecule has 0 spiro atoms. The molecule has 0 aliphatic carbocycles. The number of amides is 1. The van der Waals surface area contributed by atoms with Crippen LogP contribution in [-0.2, 0) is 11.3 Å². The van der Waals surface area contributed by atoms with Crippen molar-refractivity contribution >= 4 is 11.9 Å². The second-order valence-electron chi connectivity index (χ2n) is 4.39. The first-order valence-corrected chi connectivity index (χ1v) is 6.35. The molecule has 7 nitrogen and oxygen atoms in total. The fraction of sp³-hybridized carbons (Fsp3) is 0.133. The lowest BCUT2D eigenvalue weighted by Gasteiger charge is -2.10. The molecule has 0 unspecified atom stereocenters. The van der Waals surface area contributed by atoms with Crippen molar-refractivity contribution in [3.63, 3.8) is 0 Å². The van der Waals surface area contributed by atoms with Gasteiger partial charge in [-0.05, 0) is 29.8 Å². The number of nitrogens with zero attached hydrogens (tertiary/aromatic N) is 1. The lowest BCUT2D eigenvalue weighted by molar-refractivity contribution is 0.0596. The normalized spacial score (nSPS) is 10.0. The van der Waals surface area contributed by atoms with Crippen molar-refractivity contribution in [1.82, 2.24) is 10.3 Å². The summed E-state index contributed by atoms with van der Waals surface area (Å²) in [4.78, 5) is 27.3. The second kappa shape index (κ2) is 6.57. The van der Waals surface area contributed by atoms with Gasteiger partial charge in [-0.2, -0.15) is 0 Å². The molecular formula is C15H14N2O5. The SMILES string of the molecule is COC(=O)c1ccc(C(=O)NCc2ccncc2)c(O)c1O. The number of hydrogen-bond donors (Lipinski definition) is 3. The number of nitrogens with one attached hydrogen (secondary N) is 1. The Labute approximate surface area is 126 Å². The van der Waals surface area contributed by atoms with Gasteiger partial charge in [-0.3, -0.25) is 9.78 Å². The number of rotatable bonds is 4. The fourth-order valence-corrected chi connectivity index (χ4v) is 1.82. The van der Waals surface area contributed by atoms with Crippen molar-refractivity contribution in [2.45, 2.75) is 6.54 Å². The van der Waals surface area contributed by atoms with E-state index in [9.17, 15) is 19.8 Å². The summed E-state index contributed by atoms with van der Waals surface area (Å²) in [7, 11) is 1.15. The third-order valence-corrected chi connectivity index (χ3v) is 3.00. The van der Waals surface area contributed by atoms with Gasteiger partial charge in [0.05, 0.1) is 12.7 Å². The monoisotopic (exact) mass is 302 g/mol. The Morgan fingerprint density at radius 2 is 1.68 bits per heavy atom. The van der Waals surface area contributed by atoms with Gasteiger partial charge in [-0.25, -0.2) is 4.79 Å². The predicted molar refractivity (Wildman–Crippen MR) is 76.5 cm³/mol. The van der Waals surface area contributed by atoms with Crippen LogP contribution in [-0.4, -0.2) is 34.2 Å². The summed E-state index contributed by atoms with van der Waals surface area (Å²) in [5.74, 6) is -2.75. The van der Waals surface area contributed by atoms with Crippen LogP contribution in [0.25, 0.3) is 0 Å². The van der Waals surface area contributed by atoms with E-state index in [2.05, 4.69) is 15.0 Å². The number of carbonyl (C=O) groups excluding carboxylic acids is 2. The first-order valence-electron chi connectivity index (χ1n) is 6.35. The number of benzene rings is 1. The number of carbonyl (C=O) groups is 2. The van der Waals surface area contributed by atoms with Gasteiger partial charge < -0.3 is 20.3 Å². The zero-order valence-electron chi connectivity index (χ0n) is 11.7. The Balaban J connectivity index is 2.17. The van der Waals surface area contributed by atoms with Gasteiger partial charge in [-0.15, -0.1) is 0 Å². The summed E-state index contributed by atoms with van der Waals surface area (Å²) in [6.45, 7) is 0.236. The Bertz CT molecular complexity index is 701. The van der Waals surface area contributed by atoms with Crippen LogP contribution in [0.3, 0.4) is 0 Å². The lowest BCUT2D eigenvalue weighted by Crippen LogP contribution is -2.23. The van der Waals surface area contributed by atoms with E-state index in [1.165, 1.54) is 12.1 Å². The van der Waals surface area contributed by atoms with Crippen molar-refractivity contribution in [2.75, 3.05) is 7.11 Å². The van der Waals surface area contributed by atoms with E-state index in [0.717, 1.165) is 12.7 Å². The Morgan fingerprint density at radius 3 is 2.32 bits per heavy atom. The first kappa shape index (κ1) is 15.3. The number of aromatic nitrogens is 1. The van der Waals surface area contributed by atoms with E-state index < -0.39 is 23.4 Å². The molecule has 0 bridgehead atoms. The van der Waals surface area contributed by atoms with Gasteiger partial charge in [0.1, 0.15) is 5.56 Å². The summed E-state index contributed by atoms with van der Waals surface area (Å²) in [5, 5.41) is 22.2. The number of hydrogen-bond acceptors (Lipinski definition) is 6. The highest BCUT2D eigenvalue weighted by Gasteiger charge is 2.21. The molecule has 22 heavy (non-hydrogen) atoms. The summed E-state index contributed by atoms with van der Waals surface area (Å²) in [5.41, 5.74) is 0.475. The molecule has 114 valence electrons. The fourth-order valence-electron chi connectivity index (χ4n) is 1.82. The number of phenols is 2. The molecule has 0 saturated heterocycles. The zero-order valence-corrected chi connectivity index (χ0v) is 11.7. The molecule has 3 N–H and O–H groups in total. The van der Waals surface area contributed by atoms with Crippen molar-refractivity contribution in [2.24, 2.45) is 0 Å². The Hall–Kier alpha value is -3.09. The van der Waals surface area contributed by atoms with Crippen LogP contribution in [0.4, 0.5) is 0 Å². The minimum Gasteiger partial charge on any atom is -0.504 e. The maximum atomic E-state index is 12.0. The highest BCUT2D eigenvalue weighted by Crippen LogP contribution is 2.33. The molecule has 0 atom stereocenters. The largest absolute Gasteiger partial charge is 0.504 e. The van der Waals surface area contributed by atoms with Crippen LogP contribution in [0.2, 0.25) is 0 Å². The first-order chi connectivity index (χ1) is 10.5. The van der Waals surface area contributed by atoms with E-state index in [-0.39, 0.29) is 17.7 Å². The number of pyridine rings is 1. The molecule has 1 amide bonds. The Morgan fingerprint density at radius 1 is 1.09 bits per heavy atom. The van der Waals surface area contributed by atoms with E-state index in [1.54, 1.807) is 24.5 Å². The molecule has 1 heterocycles. The Kier molecular flexibility index (Phi) is 4.57. The maximum Gasteiger partial charge on any atom is 0.341 e. The molecule has 2 aromatic rings. The topological polar surface area (TPSA) is 109 Å². The summed E-state index contributed by atoms with van der Waals surface area (Å²) in [6, 6.07) is 5.92. The molecule has 0 fully saturated rings. The smallest absolute Gasteiger partial charge is 0.341 e. The van der Waals surface area contributed by atoms with Gasteiger partial charge in [0, 0.05) is 18.9 Å². The molecule has 0 radical (unpaired) electrons. The average Bonchev–Trinajstić information content (AvgIpc) is 2.55. The van der Waals surface area contributed by atoms with Crippen molar-refractivity contribution in [3.05, 3.63) is 53.3 Å². The minimum absolute atomic E-state index is 0.140. The summed E-state index contributed by atoms with van der Waals surface area (Å²) < 4.78 is 4.46. The van der Waals surface area contributed by atoms with Crippen LogP contribution < -0.4 is 5.32 Å². The second-order valence-corrected chi connectivity index (χ2v) is 4.39. The standard InChI is InChI=1S/C15H14N2O5/c1-22-15(21)11-3-2-10(12(18)13(11)19)14(20)17-8-9-4-6-16-7-5-9/h2-7,18-19H,8H2,1H3,(H,17,20). The lowest BCUT2D eigenvalue weighted by atomic mass is 10.1. The number of aromatic hydroxyl groups is 2. The molecular weight excluding hydrogens is 288 g/mol. The minimum atomic E-state index is -0.809. The van der Waals surface area contributed by atoms with Gasteiger partial charge >= 0.3 is 5.97 Å². The van der Waals surface area contributed by atoms with Crippen LogP contribution in [0.15, 0.2) is 36.7 Å². The number of esters is 1. The van der Waals surface area contributed by atoms with Crippen molar-refractivity contribution < 1.29 is 24.5 Å². The molecule has 0 aliphatic heterocycles. The third kappa shape index (κ3) is 3.14. The van der Waals surface area contributed by atoms with E-state index in [1.807, 2.05) is 0 Å². The summed E-state index contributed by atoms with van der Waals surface area (Å²) >= 11 is 0. The molecule has 2 rings (SSSR count). The van der Waals surface area contributed by atoms with Gasteiger partial charge in [0.25, 0.3) is 5.91 Å². The van der Waals surface area contributed by atoms with E-state index in [0.29, 0.717) is 0 Å². The molecule has 1 aromatic heterocycles. The zero-order chi connectivity index (χ0) is 16.1. The van der Waals surface area contributed by atoms with Gasteiger partial charge in [-0.1, -0.05) is 0 Å². The van der Waals surface area contributed by atoms with E-state index >= 15 is 0 Å². The molecule has 7 heteroatoms. The van der Waals surface area contributed by atoms with Gasteiger partial charge in [0.15, 0.2) is 11.5 Å². The molecule has 0 saturated carbocycles. The number of methoxy groups -OCH3 is 1. The highest BCUT2D eigenvalue weighted by atomic mass is 16.5. The predicted octanol–water partition coefficient (Wildman–Crippen LogP) is 1.21. The maximum absolute atomic E-state index is 12.0. The van der Waals surface area contributed by atoms with E-state index in [4.69, 9.17) is 0 Å². The van der Waals surface area contributed by atoms with Crippen molar-refractivity contribution in [3.8, 4) is 11.5 Å². The molecule has 1 aromatic carbocycles. The molecule has 0 aliphatic rings.